The summed E-state index contributed by atoms with van der Waals surface area (Å²) < 4.78 is 5.54. The topological polar surface area (TPSA) is 21.3 Å². The molecule has 1 rings (SSSR count). The molecule has 0 spiro atoms. The molecule has 0 aromatic carbocycles. The van der Waals surface area contributed by atoms with Crippen LogP contribution in [0.25, 0.3) is 0 Å². The highest BCUT2D eigenvalue weighted by Gasteiger charge is 2.17. The third kappa shape index (κ3) is 7.77. The van der Waals surface area contributed by atoms with Gasteiger partial charge in [0.15, 0.2) is 0 Å². The van der Waals surface area contributed by atoms with Crippen LogP contribution in [0.15, 0.2) is 0 Å². The zero-order valence-electron chi connectivity index (χ0n) is 11.8. The third-order valence-electron chi connectivity index (χ3n) is 3.76. The molecule has 0 bridgehead atoms. The van der Waals surface area contributed by atoms with Crippen LogP contribution in [0.5, 0.6) is 0 Å². The van der Waals surface area contributed by atoms with Crippen molar-refractivity contribution in [3.05, 3.63) is 0 Å². The molecule has 0 aromatic heterocycles. The molecule has 102 valence electrons. The van der Waals surface area contributed by atoms with Gasteiger partial charge in [-0.15, -0.1) is 0 Å². The predicted octanol–water partition coefficient (Wildman–Crippen LogP) is 3.61. The molecule has 17 heavy (non-hydrogen) atoms. The summed E-state index contributed by atoms with van der Waals surface area (Å²) in [6.07, 6.45) is 9.34. The van der Waals surface area contributed by atoms with Gasteiger partial charge in [-0.25, -0.2) is 0 Å². The normalized spacial score (nSPS) is 25.1. The molecule has 0 aromatic rings. The zero-order chi connectivity index (χ0) is 12.3. The molecule has 2 atom stereocenters. The van der Waals surface area contributed by atoms with E-state index >= 15 is 0 Å². The first kappa shape index (κ1) is 15.0. The SMILES string of the molecule is CCCCOCCCNCC1CCCC(C)C1. The average molecular weight is 241 g/mol. The van der Waals surface area contributed by atoms with Crippen LogP contribution in [0.2, 0.25) is 0 Å². The molecule has 1 N–H and O–H groups in total. The summed E-state index contributed by atoms with van der Waals surface area (Å²) >= 11 is 0. The number of nitrogens with one attached hydrogen (secondary N) is 1. The fourth-order valence-corrected chi connectivity index (χ4v) is 2.70. The van der Waals surface area contributed by atoms with E-state index in [-0.39, 0.29) is 0 Å². The maximum absolute atomic E-state index is 5.54. The first-order chi connectivity index (χ1) is 8.33. The van der Waals surface area contributed by atoms with E-state index in [0.717, 1.165) is 38.0 Å². The van der Waals surface area contributed by atoms with Crippen molar-refractivity contribution in [2.24, 2.45) is 11.8 Å². The summed E-state index contributed by atoms with van der Waals surface area (Å²) in [5.41, 5.74) is 0. The van der Waals surface area contributed by atoms with E-state index in [4.69, 9.17) is 4.74 Å². The Labute approximate surface area is 108 Å². The van der Waals surface area contributed by atoms with E-state index in [1.165, 1.54) is 45.1 Å². The van der Waals surface area contributed by atoms with Gasteiger partial charge in [0.1, 0.15) is 0 Å². The van der Waals surface area contributed by atoms with Gasteiger partial charge in [-0.05, 0) is 50.6 Å². The van der Waals surface area contributed by atoms with Gasteiger partial charge in [-0.2, -0.15) is 0 Å². The van der Waals surface area contributed by atoms with E-state index in [2.05, 4.69) is 19.2 Å². The fraction of sp³-hybridized carbons (Fsp3) is 1.00. The monoisotopic (exact) mass is 241 g/mol. The van der Waals surface area contributed by atoms with Crippen molar-refractivity contribution in [3.8, 4) is 0 Å². The van der Waals surface area contributed by atoms with Gasteiger partial charge < -0.3 is 10.1 Å². The van der Waals surface area contributed by atoms with E-state index in [0.29, 0.717) is 0 Å². The van der Waals surface area contributed by atoms with Crippen molar-refractivity contribution in [2.45, 2.75) is 58.8 Å². The van der Waals surface area contributed by atoms with Gasteiger partial charge in [0.05, 0.1) is 0 Å². The van der Waals surface area contributed by atoms with Crippen molar-refractivity contribution in [3.63, 3.8) is 0 Å². The minimum Gasteiger partial charge on any atom is -0.381 e. The molecule has 2 unspecified atom stereocenters. The molecule has 1 aliphatic rings. The summed E-state index contributed by atoms with van der Waals surface area (Å²) in [6, 6.07) is 0. The predicted molar refractivity (Wildman–Crippen MR) is 74.3 cm³/mol. The van der Waals surface area contributed by atoms with Crippen LogP contribution in [0.3, 0.4) is 0 Å². The average Bonchev–Trinajstić information content (AvgIpc) is 2.33. The molecule has 0 heterocycles. The second-order valence-electron chi connectivity index (χ2n) is 5.66. The molecule has 0 radical (unpaired) electrons. The van der Waals surface area contributed by atoms with Gasteiger partial charge >= 0.3 is 0 Å². The molecule has 0 aliphatic heterocycles. The van der Waals surface area contributed by atoms with Crippen LogP contribution in [-0.4, -0.2) is 26.3 Å². The molecule has 2 heteroatoms. The van der Waals surface area contributed by atoms with E-state index in [1.807, 2.05) is 0 Å². The van der Waals surface area contributed by atoms with Gasteiger partial charge in [-0.3, -0.25) is 0 Å². The van der Waals surface area contributed by atoms with Gasteiger partial charge in [0.2, 0.25) is 0 Å². The number of rotatable bonds is 9. The van der Waals surface area contributed by atoms with E-state index in [1.54, 1.807) is 0 Å². The highest BCUT2D eigenvalue weighted by molar-refractivity contribution is 4.72. The maximum Gasteiger partial charge on any atom is 0.0478 e. The Morgan fingerprint density at radius 1 is 1.18 bits per heavy atom. The molecule has 0 saturated heterocycles. The lowest BCUT2D eigenvalue weighted by Gasteiger charge is -2.26. The smallest absolute Gasteiger partial charge is 0.0478 e. The van der Waals surface area contributed by atoms with Crippen molar-refractivity contribution >= 4 is 0 Å². The summed E-state index contributed by atoms with van der Waals surface area (Å²) in [4.78, 5) is 0. The van der Waals surface area contributed by atoms with Crippen LogP contribution in [-0.2, 0) is 4.74 Å². The highest BCUT2D eigenvalue weighted by Crippen LogP contribution is 2.27. The molecule has 0 amide bonds. The van der Waals surface area contributed by atoms with Crippen molar-refractivity contribution in [1.82, 2.24) is 5.32 Å². The Balaban J connectivity index is 1.83. The van der Waals surface area contributed by atoms with E-state index < -0.39 is 0 Å². The van der Waals surface area contributed by atoms with Crippen molar-refractivity contribution in [1.29, 1.82) is 0 Å². The number of unbranched alkanes of at least 4 members (excludes halogenated alkanes) is 1. The first-order valence-electron chi connectivity index (χ1n) is 7.61. The van der Waals surface area contributed by atoms with Crippen LogP contribution in [0.4, 0.5) is 0 Å². The second-order valence-corrected chi connectivity index (χ2v) is 5.66. The minimum absolute atomic E-state index is 0.925. The van der Waals surface area contributed by atoms with Crippen LogP contribution in [0.1, 0.15) is 58.8 Å². The van der Waals surface area contributed by atoms with Gasteiger partial charge in [0, 0.05) is 13.2 Å². The Hall–Kier alpha value is -0.0800. The van der Waals surface area contributed by atoms with Crippen LogP contribution >= 0.6 is 0 Å². The number of hydrogen-bond acceptors (Lipinski definition) is 2. The molecule has 1 aliphatic carbocycles. The zero-order valence-corrected chi connectivity index (χ0v) is 11.8. The molecule has 1 fully saturated rings. The minimum atomic E-state index is 0.925. The fourth-order valence-electron chi connectivity index (χ4n) is 2.70. The second kappa shape index (κ2) is 9.90. The van der Waals surface area contributed by atoms with Gasteiger partial charge in [-0.1, -0.05) is 33.1 Å². The third-order valence-corrected chi connectivity index (χ3v) is 3.76. The molecule has 2 nitrogen and oxygen atoms in total. The highest BCUT2D eigenvalue weighted by atomic mass is 16.5. The summed E-state index contributed by atoms with van der Waals surface area (Å²) in [5, 5.41) is 3.59. The lowest BCUT2D eigenvalue weighted by Crippen LogP contribution is -2.27. The molecular weight excluding hydrogens is 210 g/mol. The number of hydrogen-bond donors (Lipinski definition) is 1. The number of ether oxygens (including phenoxy) is 1. The van der Waals surface area contributed by atoms with Crippen LogP contribution < -0.4 is 5.32 Å². The Kier molecular flexibility index (Phi) is 8.72. The Morgan fingerprint density at radius 2 is 2.00 bits per heavy atom. The Morgan fingerprint density at radius 3 is 2.76 bits per heavy atom. The standard InChI is InChI=1S/C15H31NO/c1-3-4-10-17-11-6-9-16-13-15-8-5-7-14(2)12-15/h14-16H,3-13H2,1-2H3. The largest absolute Gasteiger partial charge is 0.381 e. The lowest BCUT2D eigenvalue weighted by molar-refractivity contribution is 0.128. The van der Waals surface area contributed by atoms with Crippen molar-refractivity contribution < 1.29 is 4.74 Å². The molecule has 1 saturated carbocycles. The quantitative estimate of drug-likeness (QED) is 0.623. The van der Waals surface area contributed by atoms with Crippen molar-refractivity contribution in [2.75, 3.05) is 26.3 Å². The summed E-state index contributed by atoms with van der Waals surface area (Å²) in [7, 11) is 0. The maximum atomic E-state index is 5.54. The Bertz CT molecular complexity index is 172. The first-order valence-corrected chi connectivity index (χ1v) is 7.61. The molecular formula is C15H31NO. The van der Waals surface area contributed by atoms with Crippen LogP contribution in [0, 0.1) is 11.8 Å². The van der Waals surface area contributed by atoms with E-state index in [9.17, 15) is 0 Å². The summed E-state index contributed by atoms with van der Waals surface area (Å²) in [5.74, 6) is 1.88. The van der Waals surface area contributed by atoms with Gasteiger partial charge in [0.25, 0.3) is 0 Å². The lowest BCUT2D eigenvalue weighted by atomic mass is 9.82. The summed E-state index contributed by atoms with van der Waals surface area (Å²) in [6.45, 7) is 8.81.